The maximum absolute atomic E-state index is 12.4. The van der Waals surface area contributed by atoms with Crippen LogP contribution in [0.4, 0.5) is 0 Å². The predicted molar refractivity (Wildman–Crippen MR) is 129 cm³/mol. The summed E-state index contributed by atoms with van der Waals surface area (Å²) in [5, 5.41) is 12.6. The summed E-state index contributed by atoms with van der Waals surface area (Å²) in [4.78, 5) is 12.4. The number of amides is 1. The standard InChI is InChI=1S/C26H26N4OS/c1-20-12-14-22(15-13-20)18-27-25(31)19-32-26-29-28-24(17-16-21-8-4-2-5-9-21)30(26)23-10-6-3-7-11-23/h2-15H,16-19H2,1H3,(H,27,31). The minimum atomic E-state index is -0.0241. The topological polar surface area (TPSA) is 59.8 Å². The Kier molecular flexibility index (Phi) is 7.35. The molecule has 5 nitrogen and oxygen atoms in total. The van der Waals surface area contributed by atoms with E-state index < -0.39 is 0 Å². The smallest absolute Gasteiger partial charge is 0.230 e. The molecule has 0 unspecified atom stereocenters. The van der Waals surface area contributed by atoms with Gasteiger partial charge in [0.05, 0.1) is 5.75 Å². The lowest BCUT2D eigenvalue weighted by Crippen LogP contribution is -2.24. The zero-order valence-corrected chi connectivity index (χ0v) is 18.9. The van der Waals surface area contributed by atoms with Crippen LogP contribution in [0.1, 0.15) is 22.5 Å². The fourth-order valence-corrected chi connectivity index (χ4v) is 4.18. The lowest BCUT2D eigenvalue weighted by atomic mass is 10.1. The number of rotatable bonds is 9. The van der Waals surface area contributed by atoms with Crippen molar-refractivity contribution in [1.29, 1.82) is 0 Å². The van der Waals surface area contributed by atoms with Crippen LogP contribution in [0.25, 0.3) is 5.69 Å². The summed E-state index contributed by atoms with van der Waals surface area (Å²) in [6, 6.07) is 28.6. The van der Waals surface area contributed by atoms with Gasteiger partial charge in [-0.1, -0.05) is 90.1 Å². The third kappa shape index (κ3) is 5.86. The summed E-state index contributed by atoms with van der Waals surface area (Å²) in [7, 11) is 0. The van der Waals surface area contributed by atoms with Gasteiger partial charge in [-0.25, -0.2) is 0 Å². The van der Waals surface area contributed by atoms with Crippen LogP contribution in [-0.2, 0) is 24.2 Å². The van der Waals surface area contributed by atoms with Crippen LogP contribution in [0.15, 0.2) is 90.1 Å². The number of benzene rings is 3. The number of aryl methyl sites for hydroxylation is 3. The van der Waals surface area contributed by atoms with Gasteiger partial charge in [-0.05, 0) is 36.6 Å². The highest BCUT2D eigenvalue weighted by atomic mass is 32.2. The van der Waals surface area contributed by atoms with Gasteiger partial charge in [-0.3, -0.25) is 9.36 Å². The number of nitrogens with one attached hydrogen (secondary N) is 1. The average Bonchev–Trinajstić information content (AvgIpc) is 3.25. The Morgan fingerprint density at radius 2 is 1.53 bits per heavy atom. The van der Waals surface area contributed by atoms with Crippen molar-refractivity contribution in [2.75, 3.05) is 5.75 Å². The quantitative estimate of drug-likeness (QED) is 0.379. The number of carbonyl (C=O) groups excluding carboxylic acids is 1. The first-order valence-electron chi connectivity index (χ1n) is 10.7. The number of aromatic nitrogens is 3. The summed E-state index contributed by atoms with van der Waals surface area (Å²) < 4.78 is 2.06. The molecule has 1 N–H and O–H groups in total. The Morgan fingerprint density at radius 3 is 2.25 bits per heavy atom. The molecule has 0 atom stereocenters. The zero-order chi connectivity index (χ0) is 22.2. The second kappa shape index (κ2) is 10.8. The van der Waals surface area contributed by atoms with Gasteiger partial charge in [-0.15, -0.1) is 10.2 Å². The van der Waals surface area contributed by atoms with E-state index in [1.54, 1.807) is 0 Å². The van der Waals surface area contributed by atoms with E-state index in [9.17, 15) is 4.79 Å². The maximum Gasteiger partial charge on any atom is 0.230 e. The highest BCUT2D eigenvalue weighted by molar-refractivity contribution is 7.99. The Balaban J connectivity index is 1.42. The van der Waals surface area contributed by atoms with E-state index in [1.165, 1.54) is 22.9 Å². The number of hydrogen-bond donors (Lipinski definition) is 1. The van der Waals surface area contributed by atoms with E-state index in [1.807, 2.05) is 60.7 Å². The molecule has 4 aromatic rings. The molecule has 0 radical (unpaired) electrons. The van der Waals surface area contributed by atoms with Crippen LogP contribution < -0.4 is 5.32 Å². The third-order valence-electron chi connectivity index (χ3n) is 5.14. The van der Waals surface area contributed by atoms with Gasteiger partial charge in [0.1, 0.15) is 5.82 Å². The number of carbonyl (C=O) groups is 1. The fourth-order valence-electron chi connectivity index (χ4n) is 3.38. The van der Waals surface area contributed by atoms with Crippen LogP contribution >= 0.6 is 11.8 Å². The Bertz CT molecular complexity index is 1140. The summed E-state index contributed by atoms with van der Waals surface area (Å²) in [6.07, 6.45) is 1.65. The monoisotopic (exact) mass is 442 g/mol. The molecule has 4 rings (SSSR count). The molecule has 0 saturated heterocycles. The number of nitrogens with zero attached hydrogens (tertiary/aromatic N) is 3. The number of hydrogen-bond acceptors (Lipinski definition) is 4. The van der Waals surface area contributed by atoms with Crippen LogP contribution in [0.5, 0.6) is 0 Å². The Morgan fingerprint density at radius 1 is 0.844 bits per heavy atom. The van der Waals surface area contributed by atoms with Crippen molar-refractivity contribution in [3.05, 3.63) is 107 Å². The van der Waals surface area contributed by atoms with Crippen molar-refractivity contribution in [2.45, 2.75) is 31.5 Å². The van der Waals surface area contributed by atoms with Crippen LogP contribution in [0.3, 0.4) is 0 Å². The fraction of sp³-hybridized carbons (Fsp3) is 0.192. The molecule has 0 spiro atoms. The van der Waals surface area contributed by atoms with Gasteiger partial charge in [0.2, 0.25) is 5.91 Å². The van der Waals surface area contributed by atoms with Gasteiger partial charge in [0.25, 0.3) is 0 Å². The summed E-state index contributed by atoms with van der Waals surface area (Å²) >= 11 is 1.41. The molecule has 3 aromatic carbocycles. The molecule has 1 amide bonds. The van der Waals surface area contributed by atoms with E-state index in [-0.39, 0.29) is 11.7 Å². The molecular formula is C26H26N4OS. The van der Waals surface area contributed by atoms with E-state index in [2.05, 4.69) is 51.3 Å². The zero-order valence-electron chi connectivity index (χ0n) is 18.1. The molecule has 0 aliphatic carbocycles. The molecule has 0 aliphatic heterocycles. The molecule has 0 aliphatic rings. The summed E-state index contributed by atoms with van der Waals surface area (Å²) in [5.41, 5.74) is 4.56. The van der Waals surface area contributed by atoms with Crippen molar-refractivity contribution >= 4 is 17.7 Å². The number of thioether (sulfide) groups is 1. The first-order valence-corrected chi connectivity index (χ1v) is 11.7. The normalized spacial score (nSPS) is 10.8. The van der Waals surface area contributed by atoms with E-state index >= 15 is 0 Å². The van der Waals surface area contributed by atoms with E-state index in [0.29, 0.717) is 6.54 Å². The van der Waals surface area contributed by atoms with Crippen molar-refractivity contribution in [1.82, 2.24) is 20.1 Å². The second-order valence-corrected chi connectivity index (χ2v) is 8.55. The van der Waals surface area contributed by atoms with E-state index in [4.69, 9.17) is 0 Å². The van der Waals surface area contributed by atoms with Crippen LogP contribution in [0, 0.1) is 6.92 Å². The molecule has 6 heteroatoms. The second-order valence-electron chi connectivity index (χ2n) is 7.61. The Hall–Kier alpha value is -3.38. The Labute approximate surface area is 192 Å². The van der Waals surface area contributed by atoms with Gasteiger partial charge in [0.15, 0.2) is 5.16 Å². The van der Waals surface area contributed by atoms with Crippen molar-refractivity contribution in [3.63, 3.8) is 0 Å². The molecule has 32 heavy (non-hydrogen) atoms. The minimum absolute atomic E-state index is 0.0241. The van der Waals surface area contributed by atoms with Crippen molar-refractivity contribution in [2.24, 2.45) is 0 Å². The highest BCUT2D eigenvalue weighted by Crippen LogP contribution is 2.23. The molecule has 1 heterocycles. The average molecular weight is 443 g/mol. The van der Waals surface area contributed by atoms with Gasteiger partial charge < -0.3 is 5.32 Å². The molecule has 0 bridgehead atoms. The van der Waals surface area contributed by atoms with E-state index in [0.717, 1.165) is 35.1 Å². The van der Waals surface area contributed by atoms with Gasteiger partial charge in [-0.2, -0.15) is 0 Å². The van der Waals surface area contributed by atoms with Crippen molar-refractivity contribution < 1.29 is 4.79 Å². The molecular weight excluding hydrogens is 416 g/mol. The predicted octanol–water partition coefficient (Wildman–Crippen LogP) is 4.77. The minimum Gasteiger partial charge on any atom is -0.351 e. The van der Waals surface area contributed by atoms with Crippen molar-refractivity contribution in [3.8, 4) is 5.69 Å². The van der Waals surface area contributed by atoms with Gasteiger partial charge in [0, 0.05) is 18.7 Å². The number of para-hydroxylation sites is 1. The van der Waals surface area contributed by atoms with Gasteiger partial charge >= 0.3 is 0 Å². The first-order chi connectivity index (χ1) is 15.7. The molecule has 1 aromatic heterocycles. The summed E-state index contributed by atoms with van der Waals surface area (Å²) in [6.45, 7) is 2.57. The first kappa shape index (κ1) is 21.8. The third-order valence-corrected chi connectivity index (χ3v) is 6.07. The van der Waals surface area contributed by atoms with Crippen LogP contribution in [-0.4, -0.2) is 26.4 Å². The lowest BCUT2D eigenvalue weighted by Gasteiger charge is -2.10. The molecule has 0 saturated carbocycles. The highest BCUT2D eigenvalue weighted by Gasteiger charge is 2.16. The maximum atomic E-state index is 12.4. The molecule has 0 fully saturated rings. The van der Waals surface area contributed by atoms with Crippen LogP contribution in [0.2, 0.25) is 0 Å². The SMILES string of the molecule is Cc1ccc(CNC(=O)CSc2nnc(CCc3ccccc3)n2-c2ccccc2)cc1. The lowest BCUT2D eigenvalue weighted by molar-refractivity contribution is -0.118. The molecule has 162 valence electrons. The largest absolute Gasteiger partial charge is 0.351 e. The summed E-state index contributed by atoms with van der Waals surface area (Å²) in [5.74, 6) is 1.15.